The van der Waals surface area contributed by atoms with Crippen LogP contribution in [0.5, 0.6) is 0 Å². The van der Waals surface area contributed by atoms with Gasteiger partial charge in [-0.25, -0.2) is 4.79 Å². The molecule has 0 aliphatic rings. The Morgan fingerprint density at radius 2 is 2.14 bits per heavy atom. The van der Waals surface area contributed by atoms with Gasteiger partial charge >= 0.3 is 6.03 Å². The molecule has 3 N–H and O–H groups in total. The van der Waals surface area contributed by atoms with Gasteiger partial charge in [-0.05, 0) is 44.5 Å². The van der Waals surface area contributed by atoms with Gasteiger partial charge in [0.1, 0.15) is 17.1 Å². The van der Waals surface area contributed by atoms with Crippen molar-refractivity contribution in [2.24, 2.45) is 0 Å². The third-order valence-electron chi connectivity index (χ3n) is 3.13. The fourth-order valence-electron chi connectivity index (χ4n) is 1.84. The number of aryl methyl sites for hydroxylation is 2. The summed E-state index contributed by atoms with van der Waals surface area (Å²) in [6.45, 7) is 5.27. The lowest BCUT2D eigenvalue weighted by atomic mass is 10.0. The van der Waals surface area contributed by atoms with Crippen molar-refractivity contribution in [2.75, 3.05) is 11.9 Å². The second-order valence-electron chi connectivity index (χ2n) is 5.18. The Morgan fingerprint density at radius 1 is 1.38 bits per heavy atom. The van der Waals surface area contributed by atoms with E-state index in [0.29, 0.717) is 17.2 Å². The Bertz CT molecular complexity index is 635. The highest BCUT2D eigenvalue weighted by Crippen LogP contribution is 2.22. The van der Waals surface area contributed by atoms with E-state index in [4.69, 9.17) is 4.42 Å². The molecule has 1 atom stereocenters. The summed E-state index contributed by atoms with van der Waals surface area (Å²) >= 11 is 0. The number of rotatable bonds is 4. The number of nitrogens with zero attached hydrogens (tertiary/aromatic N) is 1. The van der Waals surface area contributed by atoms with Crippen LogP contribution in [-0.2, 0) is 5.60 Å². The molecule has 2 aromatic heterocycles. The zero-order valence-electron chi connectivity index (χ0n) is 12.3. The van der Waals surface area contributed by atoms with Crippen molar-refractivity contribution in [2.45, 2.75) is 26.4 Å². The van der Waals surface area contributed by atoms with Crippen LogP contribution >= 0.6 is 0 Å². The van der Waals surface area contributed by atoms with Crippen LogP contribution in [0.25, 0.3) is 0 Å². The number of aromatic nitrogens is 1. The number of nitrogens with one attached hydrogen (secondary N) is 2. The zero-order chi connectivity index (χ0) is 15.5. The van der Waals surface area contributed by atoms with E-state index >= 15 is 0 Å². The predicted molar refractivity (Wildman–Crippen MR) is 79.0 cm³/mol. The van der Waals surface area contributed by atoms with Gasteiger partial charge < -0.3 is 20.2 Å². The lowest BCUT2D eigenvalue weighted by Gasteiger charge is -2.21. The highest BCUT2D eigenvalue weighted by atomic mass is 16.4. The van der Waals surface area contributed by atoms with E-state index < -0.39 is 11.6 Å². The minimum absolute atomic E-state index is 0.0376. The normalized spacial score (nSPS) is 13.5. The van der Waals surface area contributed by atoms with Crippen LogP contribution < -0.4 is 10.6 Å². The molecule has 0 aliphatic heterocycles. The molecule has 2 heterocycles. The van der Waals surface area contributed by atoms with Crippen LogP contribution in [0.2, 0.25) is 0 Å². The minimum Gasteiger partial charge on any atom is -0.463 e. The number of amides is 2. The molecule has 6 nitrogen and oxygen atoms in total. The summed E-state index contributed by atoms with van der Waals surface area (Å²) in [6.07, 6.45) is 3.27. The number of aliphatic hydroxyl groups is 1. The maximum Gasteiger partial charge on any atom is 0.319 e. The quantitative estimate of drug-likeness (QED) is 0.806. The molecule has 2 aromatic rings. The number of pyridine rings is 1. The van der Waals surface area contributed by atoms with Crippen LogP contribution in [0.4, 0.5) is 10.5 Å². The molecule has 21 heavy (non-hydrogen) atoms. The molecule has 0 aliphatic carbocycles. The fourth-order valence-corrected chi connectivity index (χ4v) is 1.84. The summed E-state index contributed by atoms with van der Waals surface area (Å²) in [7, 11) is 0. The fraction of sp³-hybridized carbons (Fsp3) is 0.333. The Morgan fingerprint density at radius 3 is 2.76 bits per heavy atom. The summed E-state index contributed by atoms with van der Waals surface area (Å²) in [5.74, 6) is 1.13. The summed E-state index contributed by atoms with van der Waals surface area (Å²) in [5, 5.41) is 15.7. The van der Waals surface area contributed by atoms with Gasteiger partial charge in [0.2, 0.25) is 0 Å². The largest absolute Gasteiger partial charge is 0.463 e. The topological polar surface area (TPSA) is 87.4 Å². The van der Waals surface area contributed by atoms with E-state index in [1.165, 1.54) is 0 Å². The number of hydrogen-bond acceptors (Lipinski definition) is 4. The molecule has 0 spiro atoms. The Labute approximate surface area is 123 Å². The van der Waals surface area contributed by atoms with Crippen molar-refractivity contribution >= 4 is 11.7 Å². The van der Waals surface area contributed by atoms with E-state index in [-0.39, 0.29) is 6.54 Å². The summed E-state index contributed by atoms with van der Waals surface area (Å²) in [6, 6.07) is 4.78. The van der Waals surface area contributed by atoms with Gasteiger partial charge in [0, 0.05) is 18.1 Å². The van der Waals surface area contributed by atoms with Crippen molar-refractivity contribution < 1.29 is 14.3 Å². The number of hydrogen-bond donors (Lipinski definition) is 3. The van der Waals surface area contributed by atoms with E-state index in [2.05, 4.69) is 15.6 Å². The van der Waals surface area contributed by atoms with Gasteiger partial charge in [-0.2, -0.15) is 0 Å². The van der Waals surface area contributed by atoms with Gasteiger partial charge in [-0.1, -0.05) is 0 Å². The number of carbonyl (C=O) groups is 1. The molecule has 0 saturated heterocycles. The summed E-state index contributed by atoms with van der Waals surface area (Å²) in [4.78, 5) is 15.8. The Hall–Kier alpha value is -2.34. The molecule has 2 rings (SSSR count). The average molecular weight is 289 g/mol. The first-order valence-corrected chi connectivity index (χ1v) is 6.63. The maximum absolute atomic E-state index is 11.9. The monoisotopic (exact) mass is 289 g/mol. The Kier molecular flexibility index (Phi) is 4.28. The molecule has 0 aromatic carbocycles. The first kappa shape index (κ1) is 15.1. The van der Waals surface area contributed by atoms with Crippen LogP contribution in [0.1, 0.15) is 24.0 Å². The Balaban J connectivity index is 1.93. The first-order valence-electron chi connectivity index (χ1n) is 6.63. The van der Waals surface area contributed by atoms with E-state index in [1.54, 1.807) is 44.4 Å². The maximum atomic E-state index is 11.9. The van der Waals surface area contributed by atoms with E-state index in [9.17, 15) is 9.90 Å². The van der Waals surface area contributed by atoms with Crippen LogP contribution in [0.15, 0.2) is 35.0 Å². The number of urea groups is 1. The molecule has 1 unspecified atom stereocenters. The molecule has 6 heteroatoms. The number of anilines is 1. The smallest absolute Gasteiger partial charge is 0.319 e. The van der Waals surface area contributed by atoms with Crippen molar-refractivity contribution in [3.8, 4) is 0 Å². The standard InChI is InChI=1S/C15H19N3O3/c1-10-8-16-7-6-12(10)18-14(19)17-9-15(3,20)13-5-4-11(2)21-13/h4-8,20H,9H2,1-3H3,(H2,16,17,18,19). The van der Waals surface area contributed by atoms with Gasteiger partial charge in [0.25, 0.3) is 0 Å². The number of furan rings is 1. The van der Waals surface area contributed by atoms with Crippen molar-refractivity contribution in [1.29, 1.82) is 0 Å². The molecular weight excluding hydrogens is 270 g/mol. The lowest BCUT2D eigenvalue weighted by molar-refractivity contribution is 0.0364. The highest BCUT2D eigenvalue weighted by Gasteiger charge is 2.27. The highest BCUT2D eigenvalue weighted by molar-refractivity contribution is 5.89. The van der Waals surface area contributed by atoms with E-state index in [0.717, 1.165) is 5.56 Å². The van der Waals surface area contributed by atoms with Crippen LogP contribution in [0.3, 0.4) is 0 Å². The molecule has 2 amide bonds. The predicted octanol–water partition coefficient (Wildman–Crippen LogP) is 2.32. The van der Waals surface area contributed by atoms with Crippen LogP contribution in [0, 0.1) is 13.8 Å². The molecule has 0 fully saturated rings. The first-order chi connectivity index (χ1) is 9.88. The van der Waals surface area contributed by atoms with Crippen LogP contribution in [-0.4, -0.2) is 22.7 Å². The van der Waals surface area contributed by atoms with Crippen molar-refractivity contribution in [1.82, 2.24) is 10.3 Å². The zero-order valence-corrected chi connectivity index (χ0v) is 12.3. The molecule has 0 saturated carbocycles. The second-order valence-corrected chi connectivity index (χ2v) is 5.18. The third kappa shape index (κ3) is 3.82. The van der Waals surface area contributed by atoms with Gasteiger partial charge in [0.05, 0.1) is 6.54 Å². The van der Waals surface area contributed by atoms with Crippen molar-refractivity contribution in [3.63, 3.8) is 0 Å². The molecule has 112 valence electrons. The van der Waals surface area contributed by atoms with Crippen molar-refractivity contribution in [3.05, 3.63) is 47.7 Å². The number of carbonyl (C=O) groups excluding carboxylic acids is 1. The third-order valence-corrected chi connectivity index (χ3v) is 3.13. The molecule has 0 radical (unpaired) electrons. The SMILES string of the molecule is Cc1ccc(C(C)(O)CNC(=O)Nc2ccncc2C)o1. The average Bonchev–Trinajstić information content (AvgIpc) is 2.87. The summed E-state index contributed by atoms with van der Waals surface area (Å²) in [5.41, 5.74) is 0.274. The second kappa shape index (κ2) is 5.97. The molecule has 0 bridgehead atoms. The summed E-state index contributed by atoms with van der Waals surface area (Å²) < 4.78 is 5.39. The van der Waals surface area contributed by atoms with E-state index in [1.807, 2.05) is 6.92 Å². The van der Waals surface area contributed by atoms with Gasteiger partial charge in [-0.3, -0.25) is 4.98 Å². The van der Waals surface area contributed by atoms with Gasteiger partial charge in [-0.15, -0.1) is 0 Å². The van der Waals surface area contributed by atoms with Gasteiger partial charge in [0.15, 0.2) is 0 Å². The minimum atomic E-state index is -1.26. The lowest BCUT2D eigenvalue weighted by Crippen LogP contribution is -2.40. The molecular formula is C15H19N3O3.